The van der Waals surface area contributed by atoms with Crippen molar-refractivity contribution in [2.75, 3.05) is 20.2 Å². The fourth-order valence-corrected chi connectivity index (χ4v) is 2.73. The lowest BCUT2D eigenvalue weighted by molar-refractivity contribution is 0.0930. The predicted octanol–water partition coefficient (Wildman–Crippen LogP) is 1.42. The third kappa shape index (κ3) is 4.10. The molecule has 0 radical (unpaired) electrons. The Labute approximate surface area is 135 Å². The SMILES string of the molecule is COc1ccc(Cn2cc(C(=O)N[C@H]3CCCNC3)cn2)cc1. The number of carbonyl (C=O) groups excluding carboxylic acids is 1. The Bertz CT molecular complexity index is 645. The summed E-state index contributed by atoms with van der Waals surface area (Å²) in [4.78, 5) is 12.3. The van der Waals surface area contributed by atoms with Crippen LogP contribution >= 0.6 is 0 Å². The third-order valence-electron chi connectivity index (χ3n) is 4.03. The fraction of sp³-hybridized carbons (Fsp3) is 0.412. The lowest BCUT2D eigenvalue weighted by Gasteiger charge is -2.23. The van der Waals surface area contributed by atoms with Crippen LogP contribution in [0.4, 0.5) is 0 Å². The minimum absolute atomic E-state index is 0.0559. The molecule has 6 heteroatoms. The number of methoxy groups -OCH3 is 1. The number of amides is 1. The first-order valence-corrected chi connectivity index (χ1v) is 7.91. The van der Waals surface area contributed by atoms with Gasteiger partial charge in [-0.1, -0.05) is 12.1 Å². The highest BCUT2D eigenvalue weighted by Gasteiger charge is 2.17. The number of rotatable bonds is 5. The highest BCUT2D eigenvalue weighted by molar-refractivity contribution is 5.93. The van der Waals surface area contributed by atoms with Crippen LogP contribution in [0.2, 0.25) is 0 Å². The van der Waals surface area contributed by atoms with Gasteiger partial charge < -0.3 is 15.4 Å². The molecule has 2 N–H and O–H groups in total. The summed E-state index contributed by atoms with van der Waals surface area (Å²) in [5.41, 5.74) is 1.71. The van der Waals surface area contributed by atoms with Crippen molar-refractivity contribution in [1.82, 2.24) is 20.4 Å². The van der Waals surface area contributed by atoms with Crippen molar-refractivity contribution in [3.05, 3.63) is 47.8 Å². The summed E-state index contributed by atoms with van der Waals surface area (Å²) in [6.07, 6.45) is 5.53. The second-order valence-electron chi connectivity index (χ2n) is 5.79. The first-order valence-electron chi connectivity index (χ1n) is 7.91. The summed E-state index contributed by atoms with van der Waals surface area (Å²) < 4.78 is 6.92. The highest BCUT2D eigenvalue weighted by atomic mass is 16.5. The molecule has 1 fully saturated rings. The van der Waals surface area contributed by atoms with Gasteiger partial charge in [0.05, 0.1) is 25.4 Å². The van der Waals surface area contributed by atoms with Crippen LogP contribution < -0.4 is 15.4 Å². The molecule has 2 aromatic rings. The molecule has 6 nitrogen and oxygen atoms in total. The summed E-state index contributed by atoms with van der Waals surface area (Å²) in [6.45, 7) is 2.50. The van der Waals surface area contributed by atoms with E-state index in [0.29, 0.717) is 12.1 Å². The Kier molecular flexibility index (Phi) is 4.92. The first kappa shape index (κ1) is 15.6. The highest BCUT2D eigenvalue weighted by Crippen LogP contribution is 2.12. The maximum atomic E-state index is 12.3. The largest absolute Gasteiger partial charge is 0.497 e. The van der Waals surface area contributed by atoms with E-state index in [0.717, 1.165) is 37.2 Å². The number of hydrogen-bond donors (Lipinski definition) is 2. The summed E-state index contributed by atoms with van der Waals surface area (Å²) in [5, 5.41) is 10.6. The topological polar surface area (TPSA) is 68.2 Å². The Hall–Kier alpha value is -2.34. The molecular weight excluding hydrogens is 292 g/mol. The zero-order valence-electron chi connectivity index (χ0n) is 13.3. The number of nitrogens with zero attached hydrogens (tertiary/aromatic N) is 2. The molecule has 3 rings (SSSR count). The molecule has 1 aromatic carbocycles. The summed E-state index contributed by atoms with van der Waals surface area (Å²) in [6, 6.07) is 8.04. The molecule has 1 amide bonds. The summed E-state index contributed by atoms with van der Waals surface area (Å²) >= 11 is 0. The summed E-state index contributed by atoms with van der Waals surface area (Å²) in [5.74, 6) is 0.773. The van der Waals surface area contributed by atoms with Gasteiger partial charge in [0.1, 0.15) is 5.75 Å². The second-order valence-corrected chi connectivity index (χ2v) is 5.79. The van der Waals surface area contributed by atoms with Crippen LogP contribution in [0.1, 0.15) is 28.8 Å². The van der Waals surface area contributed by atoms with Crippen molar-refractivity contribution >= 4 is 5.91 Å². The maximum absolute atomic E-state index is 12.3. The molecular formula is C17H22N4O2. The molecule has 1 aliphatic rings. The Morgan fingerprint density at radius 1 is 1.43 bits per heavy atom. The quantitative estimate of drug-likeness (QED) is 0.876. The van der Waals surface area contributed by atoms with Crippen molar-refractivity contribution in [2.45, 2.75) is 25.4 Å². The average Bonchev–Trinajstić information content (AvgIpc) is 3.05. The molecule has 0 bridgehead atoms. The number of aromatic nitrogens is 2. The molecule has 23 heavy (non-hydrogen) atoms. The van der Waals surface area contributed by atoms with Crippen molar-refractivity contribution in [3.8, 4) is 5.75 Å². The van der Waals surface area contributed by atoms with Gasteiger partial charge in [-0.3, -0.25) is 9.48 Å². The van der Waals surface area contributed by atoms with Gasteiger partial charge in [-0.05, 0) is 37.1 Å². The van der Waals surface area contributed by atoms with Gasteiger partial charge in [-0.2, -0.15) is 5.10 Å². The molecule has 0 spiro atoms. The van der Waals surface area contributed by atoms with E-state index in [1.54, 1.807) is 24.2 Å². The molecule has 2 heterocycles. The van der Waals surface area contributed by atoms with E-state index in [1.165, 1.54) is 0 Å². The van der Waals surface area contributed by atoms with E-state index in [-0.39, 0.29) is 11.9 Å². The van der Waals surface area contributed by atoms with Gasteiger partial charge in [0.15, 0.2) is 0 Å². The normalized spacial score (nSPS) is 17.7. The fourth-order valence-electron chi connectivity index (χ4n) is 2.73. The van der Waals surface area contributed by atoms with Gasteiger partial charge in [-0.25, -0.2) is 0 Å². The number of hydrogen-bond acceptors (Lipinski definition) is 4. The molecule has 1 saturated heterocycles. The molecule has 1 atom stereocenters. The lowest BCUT2D eigenvalue weighted by atomic mass is 10.1. The van der Waals surface area contributed by atoms with E-state index >= 15 is 0 Å². The molecule has 1 aromatic heterocycles. The Morgan fingerprint density at radius 3 is 2.96 bits per heavy atom. The summed E-state index contributed by atoms with van der Waals surface area (Å²) in [7, 11) is 1.65. The zero-order valence-corrected chi connectivity index (χ0v) is 13.3. The number of piperidine rings is 1. The monoisotopic (exact) mass is 314 g/mol. The predicted molar refractivity (Wildman–Crippen MR) is 87.7 cm³/mol. The minimum atomic E-state index is -0.0559. The smallest absolute Gasteiger partial charge is 0.254 e. The molecule has 0 unspecified atom stereocenters. The number of nitrogens with one attached hydrogen (secondary N) is 2. The van der Waals surface area contributed by atoms with Crippen LogP contribution in [0.25, 0.3) is 0 Å². The van der Waals surface area contributed by atoms with E-state index in [1.807, 2.05) is 24.3 Å². The standard InChI is InChI=1S/C17H22N4O2/c1-23-16-6-4-13(5-7-16)11-21-12-14(9-19-21)17(22)20-15-3-2-8-18-10-15/h4-7,9,12,15,18H,2-3,8,10-11H2,1H3,(H,20,22)/t15-/m0/s1. The Balaban J connectivity index is 1.59. The van der Waals surface area contributed by atoms with E-state index in [4.69, 9.17) is 4.74 Å². The van der Waals surface area contributed by atoms with E-state index in [2.05, 4.69) is 15.7 Å². The van der Waals surface area contributed by atoms with Gasteiger partial charge in [0, 0.05) is 18.8 Å². The van der Waals surface area contributed by atoms with Gasteiger partial charge in [0.25, 0.3) is 5.91 Å². The zero-order chi connectivity index (χ0) is 16.1. The van der Waals surface area contributed by atoms with Crippen LogP contribution in [-0.4, -0.2) is 41.9 Å². The van der Waals surface area contributed by atoms with E-state index < -0.39 is 0 Å². The maximum Gasteiger partial charge on any atom is 0.254 e. The van der Waals surface area contributed by atoms with Crippen molar-refractivity contribution in [3.63, 3.8) is 0 Å². The van der Waals surface area contributed by atoms with Crippen LogP contribution in [0.3, 0.4) is 0 Å². The van der Waals surface area contributed by atoms with E-state index in [9.17, 15) is 4.79 Å². The number of benzene rings is 1. The number of ether oxygens (including phenoxy) is 1. The minimum Gasteiger partial charge on any atom is -0.497 e. The van der Waals surface area contributed by atoms with Gasteiger partial charge >= 0.3 is 0 Å². The molecule has 0 aliphatic carbocycles. The molecule has 1 aliphatic heterocycles. The van der Waals surface area contributed by atoms with Crippen molar-refractivity contribution in [2.24, 2.45) is 0 Å². The van der Waals surface area contributed by atoms with Gasteiger partial charge in [0.2, 0.25) is 0 Å². The van der Waals surface area contributed by atoms with Gasteiger partial charge in [-0.15, -0.1) is 0 Å². The van der Waals surface area contributed by atoms with Crippen molar-refractivity contribution in [1.29, 1.82) is 0 Å². The first-order chi connectivity index (χ1) is 11.2. The molecule has 122 valence electrons. The Morgan fingerprint density at radius 2 is 2.26 bits per heavy atom. The van der Waals surface area contributed by atoms with Crippen molar-refractivity contribution < 1.29 is 9.53 Å². The van der Waals surface area contributed by atoms with Crippen LogP contribution in [0.15, 0.2) is 36.7 Å². The van der Waals surface area contributed by atoms with Crippen LogP contribution in [-0.2, 0) is 6.54 Å². The molecule has 0 saturated carbocycles. The second kappa shape index (κ2) is 7.28. The third-order valence-corrected chi connectivity index (χ3v) is 4.03. The number of carbonyl (C=O) groups is 1. The van der Waals surface area contributed by atoms with Crippen LogP contribution in [0.5, 0.6) is 5.75 Å². The lowest BCUT2D eigenvalue weighted by Crippen LogP contribution is -2.45. The van der Waals surface area contributed by atoms with Crippen LogP contribution in [0, 0.1) is 0 Å². The average molecular weight is 314 g/mol.